The maximum absolute atomic E-state index is 11.8. The van der Waals surface area contributed by atoms with E-state index in [1.807, 2.05) is 0 Å². The molecule has 0 bridgehead atoms. The summed E-state index contributed by atoms with van der Waals surface area (Å²) in [5.74, 6) is 0.504. The minimum absolute atomic E-state index is 0.175. The number of fused-ring (bicyclic) bond motifs is 1. The summed E-state index contributed by atoms with van der Waals surface area (Å²) in [6.45, 7) is 2.85. The summed E-state index contributed by atoms with van der Waals surface area (Å²) in [5.41, 5.74) is 0. The van der Waals surface area contributed by atoms with Gasteiger partial charge in [-0.2, -0.15) is 9.61 Å². The molecule has 1 fully saturated rings. The van der Waals surface area contributed by atoms with Gasteiger partial charge in [0.15, 0.2) is 0 Å². The maximum atomic E-state index is 11.8. The molecule has 0 unspecified atom stereocenters. The largest absolute Gasteiger partial charge is 0.234 e. The first-order chi connectivity index (χ1) is 9.10. The molecule has 2 aromatic rings. The van der Waals surface area contributed by atoms with Crippen LogP contribution < -0.4 is 0 Å². The Labute approximate surface area is 115 Å². The van der Waals surface area contributed by atoms with E-state index in [4.69, 9.17) is 0 Å². The number of nitrogens with zero attached hydrogens (tertiary/aromatic N) is 5. The molecule has 104 valence electrons. The summed E-state index contributed by atoms with van der Waals surface area (Å²) >= 11 is 1.54. The van der Waals surface area contributed by atoms with Gasteiger partial charge in [0.05, 0.1) is 5.75 Å². The molecule has 0 saturated carbocycles. The molecule has 0 spiro atoms. The van der Waals surface area contributed by atoms with Crippen LogP contribution in [0.15, 0.2) is 6.33 Å². The second-order valence-corrected chi connectivity index (χ2v) is 7.82. The minimum atomic E-state index is -3.05. The van der Waals surface area contributed by atoms with Crippen molar-refractivity contribution < 1.29 is 8.42 Å². The zero-order valence-electron chi connectivity index (χ0n) is 10.6. The van der Waals surface area contributed by atoms with Gasteiger partial charge in [0.1, 0.15) is 11.3 Å². The van der Waals surface area contributed by atoms with E-state index < -0.39 is 10.0 Å². The molecule has 0 aromatic carbocycles. The lowest BCUT2D eigenvalue weighted by Crippen LogP contribution is -2.38. The zero-order valence-corrected chi connectivity index (χ0v) is 12.2. The van der Waals surface area contributed by atoms with Gasteiger partial charge >= 0.3 is 0 Å². The van der Waals surface area contributed by atoms with E-state index in [0.29, 0.717) is 19.0 Å². The Morgan fingerprint density at radius 1 is 1.42 bits per heavy atom. The first-order valence-corrected chi connectivity index (χ1v) is 8.67. The molecule has 2 aromatic heterocycles. The van der Waals surface area contributed by atoms with Crippen LogP contribution in [0.3, 0.4) is 0 Å². The Hall–Kier alpha value is -1.06. The van der Waals surface area contributed by atoms with Crippen molar-refractivity contribution in [3.05, 3.63) is 11.3 Å². The fourth-order valence-corrected chi connectivity index (χ4v) is 4.42. The third-order valence-electron chi connectivity index (χ3n) is 3.46. The van der Waals surface area contributed by atoms with Crippen LogP contribution in [0.4, 0.5) is 0 Å². The summed E-state index contributed by atoms with van der Waals surface area (Å²) in [6.07, 6.45) is 3.23. The van der Waals surface area contributed by atoms with Crippen LogP contribution in [-0.4, -0.2) is 51.4 Å². The summed E-state index contributed by atoms with van der Waals surface area (Å²) in [7, 11) is -3.05. The summed E-state index contributed by atoms with van der Waals surface area (Å²) in [5, 5.41) is 13.2. The van der Waals surface area contributed by atoms with Crippen molar-refractivity contribution in [1.29, 1.82) is 0 Å². The number of hydrogen-bond donors (Lipinski definition) is 0. The highest BCUT2D eigenvalue weighted by Gasteiger charge is 2.29. The molecule has 1 saturated heterocycles. The second-order valence-electron chi connectivity index (χ2n) is 4.57. The highest BCUT2D eigenvalue weighted by molar-refractivity contribution is 7.89. The molecule has 3 heterocycles. The standard InChI is InChI=1S/C10H15N5O2S2/c1-2-19(16,17)14-5-3-8(4-6-14)9-13-15-7-11-12-10(15)18-9/h7-8H,2-6H2,1H3. The maximum Gasteiger partial charge on any atom is 0.234 e. The number of sulfonamides is 1. The predicted molar refractivity (Wildman–Crippen MR) is 71.7 cm³/mol. The van der Waals surface area contributed by atoms with Crippen molar-refractivity contribution in [3.8, 4) is 0 Å². The molecule has 0 aliphatic carbocycles. The van der Waals surface area contributed by atoms with Gasteiger partial charge in [-0.3, -0.25) is 0 Å². The first kappa shape index (κ1) is 12.9. The lowest BCUT2D eigenvalue weighted by molar-refractivity contribution is 0.318. The normalized spacial score (nSPS) is 19.2. The van der Waals surface area contributed by atoms with Gasteiger partial charge in [-0.05, 0) is 19.8 Å². The SMILES string of the molecule is CCS(=O)(=O)N1CCC(c2nn3cnnc3s2)CC1. The zero-order chi connectivity index (χ0) is 13.5. The molecule has 1 aliphatic rings. The van der Waals surface area contributed by atoms with Gasteiger partial charge in [0.2, 0.25) is 15.0 Å². The van der Waals surface area contributed by atoms with Crippen LogP contribution in [0.25, 0.3) is 4.96 Å². The third kappa shape index (κ3) is 2.37. The quantitative estimate of drug-likeness (QED) is 0.834. The monoisotopic (exact) mass is 301 g/mol. The van der Waals surface area contributed by atoms with Crippen molar-refractivity contribution in [2.45, 2.75) is 25.7 Å². The number of hydrogen-bond acceptors (Lipinski definition) is 6. The Morgan fingerprint density at radius 3 is 2.79 bits per heavy atom. The summed E-state index contributed by atoms with van der Waals surface area (Å²) in [4.78, 5) is 0.790. The molecule has 19 heavy (non-hydrogen) atoms. The van der Waals surface area contributed by atoms with Crippen molar-refractivity contribution in [3.63, 3.8) is 0 Å². The molecule has 9 heteroatoms. The van der Waals surface area contributed by atoms with Crippen molar-refractivity contribution in [1.82, 2.24) is 24.1 Å². The van der Waals surface area contributed by atoms with Crippen LogP contribution >= 0.6 is 11.3 Å². The fraction of sp³-hybridized carbons (Fsp3) is 0.700. The number of rotatable bonds is 3. The van der Waals surface area contributed by atoms with Crippen LogP contribution in [0.1, 0.15) is 30.7 Å². The fourth-order valence-electron chi connectivity index (χ4n) is 2.30. The van der Waals surface area contributed by atoms with Gasteiger partial charge in [-0.1, -0.05) is 11.3 Å². The van der Waals surface area contributed by atoms with Gasteiger partial charge < -0.3 is 0 Å². The van der Waals surface area contributed by atoms with E-state index in [0.717, 1.165) is 22.8 Å². The lowest BCUT2D eigenvalue weighted by Gasteiger charge is -2.29. The Morgan fingerprint density at radius 2 is 2.16 bits per heavy atom. The van der Waals surface area contributed by atoms with E-state index in [1.165, 1.54) is 11.3 Å². The van der Waals surface area contributed by atoms with Crippen molar-refractivity contribution >= 4 is 26.3 Å². The van der Waals surface area contributed by atoms with E-state index in [9.17, 15) is 8.42 Å². The molecular weight excluding hydrogens is 286 g/mol. The molecular formula is C10H15N5O2S2. The van der Waals surface area contributed by atoms with Gasteiger partial charge in [0, 0.05) is 19.0 Å². The van der Waals surface area contributed by atoms with Crippen LogP contribution in [-0.2, 0) is 10.0 Å². The Bertz CT molecular complexity index is 640. The summed E-state index contributed by atoms with van der Waals surface area (Å²) in [6, 6.07) is 0. The Balaban J connectivity index is 1.72. The second kappa shape index (κ2) is 4.80. The first-order valence-electron chi connectivity index (χ1n) is 6.24. The van der Waals surface area contributed by atoms with Crippen molar-refractivity contribution in [2.24, 2.45) is 0 Å². The molecule has 1 aliphatic heterocycles. The van der Waals surface area contributed by atoms with Crippen LogP contribution in [0.5, 0.6) is 0 Å². The molecule has 0 N–H and O–H groups in total. The molecule has 7 nitrogen and oxygen atoms in total. The number of piperidine rings is 1. The van der Waals surface area contributed by atoms with Gasteiger partial charge in [-0.25, -0.2) is 12.7 Å². The molecule has 0 atom stereocenters. The van der Waals surface area contributed by atoms with E-state index in [-0.39, 0.29) is 5.75 Å². The predicted octanol–water partition coefficient (Wildman–Crippen LogP) is 0.715. The lowest BCUT2D eigenvalue weighted by atomic mass is 9.99. The average Bonchev–Trinajstić information content (AvgIpc) is 2.99. The van der Waals surface area contributed by atoms with Gasteiger partial charge in [0.25, 0.3) is 0 Å². The topological polar surface area (TPSA) is 80.5 Å². The highest BCUT2D eigenvalue weighted by atomic mass is 32.2. The highest BCUT2D eigenvalue weighted by Crippen LogP contribution is 2.31. The number of aromatic nitrogens is 4. The molecule has 0 radical (unpaired) electrons. The molecule has 0 amide bonds. The smallest absolute Gasteiger partial charge is 0.212 e. The van der Waals surface area contributed by atoms with E-state index in [2.05, 4.69) is 15.3 Å². The average molecular weight is 301 g/mol. The minimum Gasteiger partial charge on any atom is -0.212 e. The Kier molecular flexibility index (Phi) is 3.27. The third-order valence-corrected chi connectivity index (χ3v) is 6.42. The van der Waals surface area contributed by atoms with Crippen molar-refractivity contribution in [2.75, 3.05) is 18.8 Å². The van der Waals surface area contributed by atoms with Gasteiger partial charge in [-0.15, -0.1) is 10.2 Å². The molecule has 3 rings (SSSR count). The van der Waals surface area contributed by atoms with Crippen LogP contribution in [0.2, 0.25) is 0 Å². The summed E-state index contributed by atoms with van der Waals surface area (Å²) < 4.78 is 26.8. The van der Waals surface area contributed by atoms with E-state index in [1.54, 1.807) is 22.1 Å². The van der Waals surface area contributed by atoms with Crippen LogP contribution in [0, 0.1) is 0 Å². The van der Waals surface area contributed by atoms with E-state index >= 15 is 0 Å².